The van der Waals surface area contributed by atoms with Gasteiger partial charge in [0.15, 0.2) is 0 Å². The predicted octanol–water partition coefficient (Wildman–Crippen LogP) is 2.47. The van der Waals surface area contributed by atoms with E-state index in [1.165, 1.54) is 6.42 Å². The molecular weight excluding hydrogens is 306 g/mol. The maximum absolute atomic E-state index is 12.7. The molecule has 2 N–H and O–H groups in total. The molecule has 0 radical (unpaired) electrons. The van der Waals surface area contributed by atoms with Crippen molar-refractivity contribution in [2.24, 2.45) is 5.41 Å². The van der Waals surface area contributed by atoms with Crippen LogP contribution >= 0.6 is 0 Å². The van der Waals surface area contributed by atoms with Gasteiger partial charge in [0.1, 0.15) is 0 Å². The van der Waals surface area contributed by atoms with Crippen LogP contribution in [0.25, 0.3) is 0 Å². The van der Waals surface area contributed by atoms with Gasteiger partial charge in [0, 0.05) is 25.0 Å². The molecule has 2 amide bonds. The summed E-state index contributed by atoms with van der Waals surface area (Å²) >= 11 is 0. The van der Waals surface area contributed by atoms with Crippen molar-refractivity contribution in [1.29, 1.82) is 0 Å². The van der Waals surface area contributed by atoms with E-state index in [1.807, 2.05) is 4.90 Å². The van der Waals surface area contributed by atoms with Gasteiger partial charge in [-0.2, -0.15) is 0 Å². The van der Waals surface area contributed by atoms with E-state index in [2.05, 4.69) is 10.6 Å². The monoisotopic (exact) mass is 331 g/mol. The Hall–Kier alpha value is -2.08. The number of amides is 2. The Labute approximate surface area is 142 Å². The second kappa shape index (κ2) is 7.21. The van der Waals surface area contributed by atoms with Crippen LogP contribution in [0.2, 0.25) is 0 Å². The minimum atomic E-state index is -0.413. The molecule has 2 heterocycles. The number of likely N-dealkylation sites (tertiary alicyclic amines) is 1. The summed E-state index contributed by atoms with van der Waals surface area (Å²) in [6.07, 6.45) is 3.31. The lowest BCUT2D eigenvalue weighted by Crippen LogP contribution is -2.48. The van der Waals surface area contributed by atoms with Gasteiger partial charge in [0.05, 0.1) is 17.9 Å². The SMILES string of the molecule is CCOC(=O)c1ccccc1NC(=O)N1CCC[C@@]2(CCNC2)C1. The highest BCUT2D eigenvalue weighted by Crippen LogP contribution is 2.35. The van der Waals surface area contributed by atoms with Gasteiger partial charge in [-0.15, -0.1) is 0 Å². The van der Waals surface area contributed by atoms with Crippen molar-refractivity contribution in [3.05, 3.63) is 29.8 Å². The summed E-state index contributed by atoms with van der Waals surface area (Å²) < 4.78 is 5.06. The van der Waals surface area contributed by atoms with Crippen LogP contribution in [0.3, 0.4) is 0 Å². The number of ether oxygens (including phenoxy) is 1. The normalized spacial score (nSPS) is 23.3. The molecule has 0 aromatic heterocycles. The first-order valence-corrected chi connectivity index (χ1v) is 8.66. The maximum Gasteiger partial charge on any atom is 0.340 e. The number of carbonyl (C=O) groups is 2. The molecule has 2 aliphatic heterocycles. The second-order valence-electron chi connectivity index (χ2n) is 6.65. The lowest BCUT2D eigenvalue weighted by molar-refractivity contribution is 0.0527. The summed E-state index contributed by atoms with van der Waals surface area (Å²) in [5.41, 5.74) is 1.11. The zero-order chi connectivity index (χ0) is 17.0. The lowest BCUT2D eigenvalue weighted by Gasteiger charge is -2.40. The van der Waals surface area contributed by atoms with E-state index in [0.29, 0.717) is 17.9 Å². The molecule has 1 aromatic rings. The highest BCUT2D eigenvalue weighted by molar-refractivity contribution is 6.00. The van der Waals surface area contributed by atoms with Crippen molar-refractivity contribution < 1.29 is 14.3 Å². The average molecular weight is 331 g/mol. The summed E-state index contributed by atoms with van der Waals surface area (Å²) in [4.78, 5) is 26.6. The smallest absolute Gasteiger partial charge is 0.340 e. The van der Waals surface area contributed by atoms with Crippen molar-refractivity contribution in [2.75, 3.05) is 38.1 Å². The van der Waals surface area contributed by atoms with Gasteiger partial charge >= 0.3 is 12.0 Å². The van der Waals surface area contributed by atoms with E-state index >= 15 is 0 Å². The molecule has 0 unspecified atom stereocenters. The van der Waals surface area contributed by atoms with Gasteiger partial charge in [-0.3, -0.25) is 0 Å². The topological polar surface area (TPSA) is 70.7 Å². The number of benzene rings is 1. The van der Waals surface area contributed by atoms with Gasteiger partial charge in [-0.1, -0.05) is 12.1 Å². The van der Waals surface area contributed by atoms with Crippen LogP contribution < -0.4 is 10.6 Å². The van der Waals surface area contributed by atoms with Crippen LogP contribution in [0.1, 0.15) is 36.5 Å². The molecule has 1 spiro atoms. The third-order valence-corrected chi connectivity index (χ3v) is 4.94. The van der Waals surface area contributed by atoms with Crippen LogP contribution in [0.5, 0.6) is 0 Å². The highest BCUT2D eigenvalue weighted by Gasteiger charge is 2.39. The Morgan fingerprint density at radius 1 is 1.33 bits per heavy atom. The van der Waals surface area contributed by atoms with Crippen molar-refractivity contribution in [1.82, 2.24) is 10.2 Å². The van der Waals surface area contributed by atoms with Crippen molar-refractivity contribution in [3.8, 4) is 0 Å². The molecule has 0 saturated carbocycles. The van der Waals surface area contributed by atoms with E-state index < -0.39 is 5.97 Å². The predicted molar refractivity (Wildman–Crippen MR) is 92.1 cm³/mol. The minimum Gasteiger partial charge on any atom is -0.462 e. The number of nitrogens with zero attached hydrogens (tertiary/aromatic N) is 1. The zero-order valence-electron chi connectivity index (χ0n) is 14.1. The number of hydrogen-bond acceptors (Lipinski definition) is 4. The zero-order valence-corrected chi connectivity index (χ0v) is 14.1. The molecule has 2 aliphatic rings. The van der Waals surface area contributed by atoms with Crippen LogP contribution in [0.15, 0.2) is 24.3 Å². The molecule has 0 aliphatic carbocycles. The Morgan fingerprint density at radius 2 is 2.17 bits per heavy atom. The fourth-order valence-electron chi connectivity index (χ4n) is 3.70. The summed E-state index contributed by atoms with van der Waals surface area (Å²) in [6, 6.07) is 6.84. The number of hydrogen-bond donors (Lipinski definition) is 2. The number of carbonyl (C=O) groups excluding carboxylic acids is 2. The standard InChI is InChI=1S/C18H25N3O3/c1-2-24-16(22)14-6-3-4-7-15(14)20-17(23)21-11-5-8-18(13-21)9-10-19-12-18/h3-4,6-7,19H,2,5,8-13H2,1H3,(H,20,23)/t18-/m0/s1. The maximum atomic E-state index is 12.7. The molecule has 3 rings (SSSR count). The molecule has 130 valence electrons. The molecule has 6 heteroatoms. The molecule has 2 saturated heterocycles. The Bertz CT molecular complexity index is 611. The van der Waals surface area contributed by atoms with Gasteiger partial charge in [-0.25, -0.2) is 9.59 Å². The number of nitrogens with one attached hydrogen (secondary N) is 2. The average Bonchev–Trinajstić information content (AvgIpc) is 3.03. The van der Waals surface area contributed by atoms with Crippen molar-refractivity contribution in [2.45, 2.75) is 26.2 Å². The summed E-state index contributed by atoms with van der Waals surface area (Å²) in [7, 11) is 0. The van der Waals surface area contributed by atoms with Crippen molar-refractivity contribution in [3.63, 3.8) is 0 Å². The molecule has 24 heavy (non-hydrogen) atoms. The van der Waals surface area contributed by atoms with Gasteiger partial charge in [0.2, 0.25) is 0 Å². The van der Waals surface area contributed by atoms with E-state index in [1.54, 1.807) is 31.2 Å². The number of esters is 1. The molecule has 1 aromatic carbocycles. The quantitative estimate of drug-likeness (QED) is 0.835. The Kier molecular flexibility index (Phi) is 5.04. The number of rotatable bonds is 3. The van der Waals surface area contributed by atoms with Crippen molar-refractivity contribution >= 4 is 17.7 Å². The lowest BCUT2D eigenvalue weighted by atomic mass is 9.79. The van der Waals surface area contributed by atoms with E-state index in [9.17, 15) is 9.59 Å². The van der Waals surface area contributed by atoms with Crippen LogP contribution in [-0.4, -0.2) is 49.7 Å². The summed E-state index contributed by atoms with van der Waals surface area (Å²) in [5, 5.41) is 6.30. The van der Waals surface area contributed by atoms with E-state index in [0.717, 1.165) is 39.0 Å². The van der Waals surface area contributed by atoms with Crippen LogP contribution in [-0.2, 0) is 4.74 Å². The Morgan fingerprint density at radius 3 is 2.92 bits per heavy atom. The first-order chi connectivity index (χ1) is 11.6. The first kappa shape index (κ1) is 16.8. The summed E-state index contributed by atoms with van der Waals surface area (Å²) in [6.45, 7) is 5.62. The number of piperidine rings is 1. The second-order valence-corrected chi connectivity index (χ2v) is 6.65. The van der Waals surface area contributed by atoms with Crippen LogP contribution in [0, 0.1) is 5.41 Å². The molecule has 0 bridgehead atoms. The fraction of sp³-hybridized carbons (Fsp3) is 0.556. The van der Waals surface area contributed by atoms with Gasteiger partial charge < -0.3 is 20.3 Å². The van der Waals surface area contributed by atoms with Gasteiger partial charge in [-0.05, 0) is 44.9 Å². The third kappa shape index (κ3) is 3.53. The molecular formula is C18H25N3O3. The van der Waals surface area contributed by atoms with E-state index in [-0.39, 0.29) is 11.4 Å². The largest absolute Gasteiger partial charge is 0.462 e. The van der Waals surface area contributed by atoms with E-state index in [4.69, 9.17) is 4.74 Å². The third-order valence-electron chi connectivity index (χ3n) is 4.94. The van der Waals surface area contributed by atoms with Crippen LogP contribution in [0.4, 0.5) is 10.5 Å². The molecule has 2 fully saturated rings. The minimum absolute atomic E-state index is 0.141. The molecule has 1 atom stereocenters. The number of anilines is 1. The summed E-state index contributed by atoms with van der Waals surface area (Å²) in [5.74, 6) is -0.413. The highest BCUT2D eigenvalue weighted by atomic mass is 16.5. The first-order valence-electron chi connectivity index (χ1n) is 8.66. The number of para-hydroxylation sites is 1. The fourth-order valence-corrected chi connectivity index (χ4v) is 3.70. The Balaban J connectivity index is 1.70. The molecule has 6 nitrogen and oxygen atoms in total. The number of urea groups is 1. The van der Waals surface area contributed by atoms with Gasteiger partial charge in [0.25, 0.3) is 0 Å².